The summed E-state index contributed by atoms with van der Waals surface area (Å²) in [5, 5.41) is 12.9. The highest BCUT2D eigenvalue weighted by Gasteiger charge is 2.19. The van der Waals surface area contributed by atoms with Crippen LogP contribution in [0.15, 0.2) is 59.0 Å². The van der Waals surface area contributed by atoms with Crippen molar-refractivity contribution >= 4 is 22.7 Å². The maximum atomic E-state index is 12.6. The fourth-order valence-electron chi connectivity index (χ4n) is 3.60. The van der Waals surface area contributed by atoms with E-state index >= 15 is 0 Å². The van der Waals surface area contributed by atoms with Gasteiger partial charge in [-0.1, -0.05) is 47.6 Å². The normalized spacial score (nSPS) is 10.8. The summed E-state index contributed by atoms with van der Waals surface area (Å²) < 4.78 is 22.9. The van der Waals surface area contributed by atoms with Gasteiger partial charge in [0.15, 0.2) is 11.5 Å². The zero-order valence-electron chi connectivity index (χ0n) is 19.5. The van der Waals surface area contributed by atoms with Crippen molar-refractivity contribution in [1.29, 1.82) is 0 Å². The molecule has 0 aliphatic heterocycles. The van der Waals surface area contributed by atoms with Crippen LogP contribution in [0.25, 0.3) is 22.2 Å². The lowest BCUT2D eigenvalue weighted by molar-refractivity contribution is -0.115. The highest BCUT2D eigenvalue weighted by Crippen LogP contribution is 2.41. The number of carbonyl (C=O) groups excluding carboxylic acids is 1. The molecule has 0 atom stereocenters. The second kappa shape index (κ2) is 10.7. The molecule has 176 valence electrons. The predicted octanol–water partition coefficient (Wildman–Crippen LogP) is 5.27. The van der Waals surface area contributed by atoms with Gasteiger partial charge in [0, 0.05) is 5.56 Å². The quantitative estimate of drug-likeness (QED) is 0.344. The monoisotopic (exact) mass is 461 g/mol. The van der Waals surface area contributed by atoms with Gasteiger partial charge in [-0.2, -0.15) is 0 Å². The Morgan fingerprint density at radius 1 is 0.853 bits per heavy atom. The Morgan fingerprint density at radius 2 is 1.53 bits per heavy atom. The Kier molecular flexibility index (Phi) is 7.27. The fourth-order valence-corrected chi connectivity index (χ4v) is 3.60. The molecular weight excluding hydrogens is 434 g/mol. The number of benzene rings is 3. The lowest BCUT2D eigenvalue weighted by Crippen LogP contribution is -2.14. The van der Waals surface area contributed by atoms with E-state index in [2.05, 4.69) is 15.5 Å². The molecule has 0 aliphatic carbocycles. The van der Waals surface area contributed by atoms with E-state index in [4.69, 9.17) is 18.6 Å². The molecule has 1 heterocycles. The van der Waals surface area contributed by atoms with Crippen molar-refractivity contribution < 1.29 is 23.4 Å². The molecule has 4 aromatic rings. The van der Waals surface area contributed by atoms with Crippen molar-refractivity contribution in [2.45, 2.75) is 27.2 Å². The minimum atomic E-state index is -0.248. The van der Waals surface area contributed by atoms with Crippen LogP contribution in [-0.4, -0.2) is 35.9 Å². The average Bonchev–Trinajstić information content (AvgIpc) is 3.29. The van der Waals surface area contributed by atoms with Crippen LogP contribution in [0.3, 0.4) is 0 Å². The van der Waals surface area contributed by atoms with Gasteiger partial charge in [0.1, 0.15) is 0 Å². The summed E-state index contributed by atoms with van der Waals surface area (Å²) in [6.45, 7) is 7.04. The topological polar surface area (TPSA) is 95.7 Å². The zero-order chi connectivity index (χ0) is 23.9. The van der Waals surface area contributed by atoms with E-state index in [0.29, 0.717) is 42.6 Å². The molecule has 0 fully saturated rings. The number of hydrogen-bond acceptors (Lipinski definition) is 7. The summed E-state index contributed by atoms with van der Waals surface area (Å²) in [6, 6.07) is 17.5. The van der Waals surface area contributed by atoms with Gasteiger partial charge in [-0.3, -0.25) is 10.1 Å². The number of nitrogens with zero attached hydrogens (tertiary/aromatic N) is 2. The van der Waals surface area contributed by atoms with E-state index in [1.807, 2.05) is 63.2 Å². The molecular formula is C26H27N3O5. The van der Waals surface area contributed by atoms with Crippen molar-refractivity contribution in [3.8, 4) is 28.7 Å². The minimum absolute atomic E-state index is 0.0191. The first-order valence-corrected chi connectivity index (χ1v) is 11.3. The molecule has 8 heteroatoms. The molecule has 0 saturated carbocycles. The van der Waals surface area contributed by atoms with Gasteiger partial charge in [0.2, 0.25) is 17.5 Å². The zero-order valence-corrected chi connectivity index (χ0v) is 19.5. The standard InChI is InChI=1S/C26H27N3O5/c1-4-31-21-15-20(16-22(32-5-2)24(21)33-6-3)25-28-29-26(34-25)27-23(30)14-17-11-12-18-9-7-8-10-19(18)13-17/h7-13,15-16H,4-6,14H2,1-3H3,(H,27,29,30). The van der Waals surface area contributed by atoms with Gasteiger partial charge in [-0.05, 0) is 49.2 Å². The van der Waals surface area contributed by atoms with Crippen molar-refractivity contribution in [1.82, 2.24) is 10.2 Å². The van der Waals surface area contributed by atoms with E-state index < -0.39 is 0 Å². The number of ether oxygens (including phenoxy) is 3. The third-order valence-corrected chi connectivity index (χ3v) is 5.01. The Hall–Kier alpha value is -4.07. The molecule has 0 aliphatic rings. The van der Waals surface area contributed by atoms with Crippen molar-refractivity contribution in [3.05, 3.63) is 60.2 Å². The molecule has 0 unspecified atom stereocenters. The van der Waals surface area contributed by atoms with E-state index in [9.17, 15) is 4.79 Å². The number of carbonyl (C=O) groups is 1. The number of aromatic nitrogens is 2. The summed E-state index contributed by atoms with van der Waals surface area (Å²) in [6.07, 6.45) is 0.189. The number of amides is 1. The molecule has 3 aromatic carbocycles. The van der Waals surface area contributed by atoms with Gasteiger partial charge in [0.05, 0.1) is 26.2 Å². The van der Waals surface area contributed by atoms with Crippen LogP contribution in [0.5, 0.6) is 17.2 Å². The fraction of sp³-hybridized carbons (Fsp3) is 0.269. The number of rotatable bonds is 10. The summed E-state index contributed by atoms with van der Waals surface area (Å²) in [5.74, 6) is 1.54. The van der Waals surface area contributed by atoms with Crippen molar-refractivity contribution in [2.75, 3.05) is 25.1 Å². The SMILES string of the molecule is CCOc1cc(-c2nnc(NC(=O)Cc3ccc4ccccc4c3)o2)cc(OCC)c1OCC. The van der Waals surface area contributed by atoms with Gasteiger partial charge < -0.3 is 18.6 Å². The third kappa shape index (κ3) is 5.28. The highest BCUT2D eigenvalue weighted by molar-refractivity contribution is 5.91. The van der Waals surface area contributed by atoms with Gasteiger partial charge >= 0.3 is 6.01 Å². The molecule has 34 heavy (non-hydrogen) atoms. The molecule has 8 nitrogen and oxygen atoms in total. The first-order chi connectivity index (χ1) is 16.6. The van der Waals surface area contributed by atoms with Crippen LogP contribution in [-0.2, 0) is 11.2 Å². The van der Waals surface area contributed by atoms with Crippen molar-refractivity contribution in [2.24, 2.45) is 0 Å². The van der Waals surface area contributed by atoms with E-state index in [1.165, 1.54) is 0 Å². The van der Waals surface area contributed by atoms with Crippen LogP contribution in [0.4, 0.5) is 6.01 Å². The van der Waals surface area contributed by atoms with E-state index in [-0.39, 0.29) is 24.2 Å². The molecule has 1 N–H and O–H groups in total. The molecule has 0 bridgehead atoms. The minimum Gasteiger partial charge on any atom is -0.490 e. The predicted molar refractivity (Wildman–Crippen MR) is 130 cm³/mol. The molecule has 1 amide bonds. The van der Waals surface area contributed by atoms with Gasteiger partial charge in [-0.15, -0.1) is 5.10 Å². The van der Waals surface area contributed by atoms with E-state index in [1.54, 1.807) is 12.1 Å². The number of anilines is 1. The number of fused-ring (bicyclic) bond motifs is 1. The van der Waals surface area contributed by atoms with Crippen LogP contribution < -0.4 is 19.5 Å². The van der Waals surface area contributed by atoms with Gasteiger partial charge in [-0.25, -0.2) is 0 Å². The van der Waals surface area contributed by atoms with Crippen LogP contribution >= 0.6 is 0 Å². The Labute approximate surface area is 197 Å². The first kappa shape index (κ1) is 23.1. The summed E-state index contributed by atoms with van der Waals surface area (Å²) in [5.41, 5.74) is 1.49. The molecule has 0 spiro atoms. The maximum absolute atomic E-state index is 12.6. The third-order valence-electron chi connectivity index (χ3n) is 5.01. The lowest BCUT2D eigenvalue weighted by atomic mass is 10.1. The van der Waals surface area contributed by atoms with Crippen LogP contribution in [0.2, 0.25) is 0 Å². The average molecular weight is 462 g/mol. The highest BCUT2D eigenvalue weighted by atomic mass is 16.5. The van der Waals surface area contributed by atoms with E-state index in [0.717, 1.165) is 16.3 Å². The summed E-state index contributed by atoms with van der Waals surface area (Å²) >= 11 is 0. The first-order valence-electron chi connectivity index (χ1n) is 11.3. The molecule has 0 saturated heterocycles. The Morgan fingerprint density at radius 3 is 2.21 bits per heavy atom. The smallest absolute Gasteiger partial charge is 0.322 e. The lowest BCUT2D eigenvalue weighted by Gasteiger charge is -2.16. The maximum Gasteiger partial charge on any atom is 0.322 e. The number of hydrogen-bond donors (Lipinski definition) is 1. The second-order valence-corrected chi connectivity index (χ2v) is 7.42. The summed E-state index contributed by atoms with van der Waals surface area (Å²) in [4.78, 5) is 12.6. The van der Waals surface area contributed by atoms with Crippen molar-refractivity contribution in [3.63, 3.8) is 0 Å². The van der Waals surface area contributed by atoms with Crippen LogP contribution in [0.1, 0.15) is 26.3 Å². The molecule has 0 radical (unpaired) electrons. The summed E-state index contributed by atoms with van der Waals surface area (Å²) in [7, 11) is 0. The Bertz CT molecular complexity index is 1260. The largest absolute Gasteiger partial charge is 0.490 e. The molecule has 4 rings (SSSR count). The Balaban J connectivity index is 1.52. The number of nitrogens with one attached hydrogen (secondary N) is 1. The van der Waals surface area contributed by atoms with Crippen LogP contribution in [0, 0.1) is 0 Å². The molecule has 1 aromatic heterocycles. The second-order valence-electron chi connectivity index (χ2n) is 7.42. The van der Waals surface area contributed by atoms with Gasteiger partial charge in [0.25, 0.3) is 0 Å².